The van der Waals surface area contributed by atoms with Gasteiger partial charge in [0.25, 0.3) is 0 Å². The Bertz CT molecular complexity index is 1030. The molecule has 4 rings (SSSR count). The SMILES string of the molecule is CC(C)(C)OC1C(=N)C(c2cc3cccn3cn2)Oc2ccc(C=O)cc21. The lowest BCUT2D eigenvalue weighted by atomic mass is 9.93. The Morgan fingerprint density at radius 1 is 1.26 bits per heavy atom. The molecule has 0 amide bonds. The summed E-state index contributed by atoms with van der Waals surface area (Å²) >= 11 is 0. The van der Waals surface area contributed by atoms with Crippen molar-refractivity contribution < 1.29 is 14.3 Å². The quantitative estimate of drug-likeness (QED) is 0.709. The number of aromatic nitrogens is 2. The number of fused-ring (bicyclic) bond motifs is 2. The number of aldehydes is 1. The molecule has 0 fully saturated rings. The Hall–Kier alpha value is -2.99. The number of hydrogen-bond acceptors (Lipinski definition) is 5. The minimum Gasteiger partial charge on any atom is -0.478 e. The second-order valence-corrected chi connectivity index (χ2v) is 7.63. The molecular weight excluding hydrogens is 342 g/mol. The molecule has 138 valence electrons. The number of carbonyl (C=O) groups is 1. The molecule has 0 saturated carbocycles. The number of rotatable bonds is 3. The Labute approximate surface area is 157 Å². The molecule has 0 spiro atoms. The van der Waals surface area contributed by atoms with E-state index < -0.39 is 17.8 Å². The van der Waals surface area contributed by atoms with Gasteiger partial charge in [-0.1, -0.05) is 0 Å². The smallest absolute Gasteiger partial charge is 0.181 e. The van der Waals surface area contributed by atoms with Gasteiger partial charge in [0.05, 0.1) is 23.3 Å². The van der Waals surface area contributed by atoms with E-state index >= 15 is 0 Å². The molecule has 2 atom stereocenters. The van der Waals surface area contributed by atoms with Gasteiger partial charge in [0.1, 0.15) is 18.1 Å². The maximum absolute atomic E-state index is 11.2. The lowest BCUT2D eigenvalue weighted by molar-refractivity contribution is -0.0393. The summed E-state index contributed by atoms with van der Waals surface area (Å²) in [6, 6.07) is 11.0. The van der Waals surface area contributed by atoms with Crippen LogP contribution in [0.25, 0.3) is 5.52 Å². The van der Waals surface area contributed by atoms with Crippen molar-refractivity contribution in [3.05, 3.63) is 65.7 Å². The van der Waals surface area contributed by atoms with Crippen LogP contribution in [0.5, 0.6) is 5.75 Å². The highest BCUT2D eigenvalue weighted by Crippen LogP contribution is 2.42. The maximum atomic E-state index is 11.2. The summed E-state index contributed by atoms with van der Waals surface area (Å²) in [5.41, 5.74) is 2.65. The fourth-order valence-corrected chi connectivity index (χ4v) is 3.24. The molecule has 3 aromatic rings. The Morgan fingerprint density at radius 3 is 2.81 bits per heavy atom. The van der Waals surface area contributed by atoms with Crippen LogP contribution in [0.3, 0.4) is 0 Å². The van der Waals surface area contributed by atoms with Gasteiger partial charge < -0.3 is 19.3 Å². The zero-order valence-electron chi connectivity index (χ0n) is 15.5. The standard InChI is InChI=1S/C21H21N3O3/c1-21(2,3)27-19-15-9-13(11-25)6-7-17(15)26-20(18(19)22)16-10-14-5-4-8-24(14)12-23-16/h4-12,19-20,22H,1-3H3. The van der Waals surface area contributed by atoms with Crippen LogP contribution in [0.4, 0.5) is 0 Å². The van der Waals surface area contributed by atoms with E-state index in [1.165, 1.54) is 0 Å². The first-order chi connectivity index (χ1) is 12.9. The average molecular weight is 363 g/mol. The molecule has 3 heterocycles. The molecule has 0 aliphatic carbocycles. The number of hydrogen-bond donors (Lipinski definition) is 1. The molecule has 6 nitrogen and oxygen atoms in total. The summed E-state index contributed by atoms with van der Waals surface area (Å²) < 4.78 is 14.2. The van der Waals surface area contributed by atoms with Gasteiger partial charge in [0, 0.05) is 22.8 Å². The predicted octanol–water partition coefficient (Wildman–Crippen LogP) is 4.16. The molecule has 2 unspecified atom stereocenters. The van der Waals surface area contributed by atoms with Gasteiger partial charge in [-0.25, -0.2) is 4.98 Å². The van der Waals surface area contributed by atoms with Gasteiger partial charge in [-0.2, -0.15) is 0 Å². The van der Waals surface area contributed by atoms with Gasteiger partial charge >= 0.3 is 0 Å². The predicted molar refractivity (Wildman–Crippen MR) is 102 cm³/mol. The van der Waals surface area contributed by atoms with Gasteiger partial charge in [0.2, 0.25) is 0 Å². The molecular formula is C21H21N3O3. The van der Waals surface area contributed by atoms with Crippen molar-refractivity contribution in [2.45, 2.75) is 38.6 Å². The number of carbonyl (C=O) groups excluding carboxylic acids is 1. The van der Waals surface area contributed by atoms with Crippen LogP contribution < -0.4 is 4.74 Å². The van der Waals surface area contributed by atoms with Crippen molar-refractivity contribution in [3.8, 4) is 5.75 Å². The molecule has 27 heavy (non-hydrogen) atoms. The molecule has 1 aliphatic rings. The number of ether oxygens (including phenoxy) is 2. The van der Waals surface area contributed by atoms with Gasteiger partial charge in [0.15, 0.2) is 6.10 Å². The minimum absolute atomic E-state index is 0.267. The topological polar surface area (TPSA) is 76.7 Å². The summed E-state index contributed by atoms with van der Waals surface area (Å²) in [4.78, 5) is 15.7. The molecule has 6 heteroatoms. The first-order valence-corrected chi connectivity index (χ1v) is 8.80. The highest BCUT2D eigenvalue weighted by atomic mass is 16.5. The summed E-state index contributed by atoms with van der Waals surface area (Å²) in [7, 11) is 0. The highest BCUT2D eigenvalue weighted by Gasteiger charge is 2.38. The van der Waals surface area contributed by atoms with Crippen molar-refractivity contribution in [2.75, 3.05) is 0 Å². The van der Waals surface area contributed by atoms with Crippen LogP contribution in [0.2, 0.25) is 0 Å². The first kappa shape index (κ1) is 17.4. The third-order valence-electron chi connectivity index (χ3n) is 4.44. The third kappa shape index (κ3) is 3.24. The van der Waals surface area contributed by atoms with Gasteiger partial charge in [-0.3, -0.25) is 4.79 Å². The van der Waals surface area contributed by atoms with Crippen molar-refractivity contribution in [2.24, 2.45) is 0 Å². The van der Waals surface area contributed by atoms with Crippen LogP contribution in [-0.2, 0) is 4.74 Å². The number of nitrogens with zero attached hydrogens (tertiary/aromatic N) is 2. The number of benzene rings is 1. The summed E-state index contributed by atoms with van der Waals surface area (Å²) in [6.45, 7) is 5.83. The van der Waals surface area contributed by atoms with E-state index in [4.69, 9.17) is 14.9 Å². The fraction of sp³-hybridized carbons (Fsp3) is 0.286. The zero-order valence-corrected chi connectivity index (χ0v) is 15.5. The lowest BCUT2D eigenvalue weighted by Gasteiger charge is -2.36. The van der Waals surface area contributed by atoms with Crippen molar-refractivity contribution in [1.82, 2.24) is 9.38 Å². The van der Waals surface area contributed by atoms with E-state index in [9.17, 15) is 4.79 Å². The van der Waals surface area contributed by atoms with E-state index in [-0.39, 0.29) is 5.71 Å². The van der Waals surface area contributed by atoms with Gasteiger partial charge in [-0.05, 0) is 57.2 Å². The average Bonchev–Trinajstić information content (AvgIpc) is 3.10. The van der Waals surface area contributed by atoms with Crippen LogP contribution in [0, 0.1) is 5.41 Å². The van der Waals surface area contributed by atoms with Crippen LogP contribution in [0.1, 0.15) is 54.6 Å². The molecule has 1 aromatic carbocycles. The Kier molecular flexibility index (Phi) is 4.08. The fourth-order valence-electron chi connectivity index (χ4n) is 3.24. The number of nitrogens with one attached hydrogen (secondary N) is 1. The summed E-state index contributed by atoms with van der Waals surface area (Å²) in [6.07, 6.45) is 3.16. The molecule has 0 radical (unpaired) electrons. The van der Waals surface area contributed by atoms with E-state index in [0.29, 0.717) is 22.6 Å². The van der Waals surface area contributed by atoms with Crippen LogP contribution >= 0.6 is 0 Å². The normalized spacial score (nSPS) is 19.6. The lowest BCUT2D eigenvalue weighted by Crippen LogP contribution is -2.35. The minimum atomic E-state index is -0.646. The van der Waals surface area contributed by atoms with Crippen LogP contribution in [0.15, 0.2) is 48.9 Å². The Morgan fingerprint density at radius 2 is 2.07 bits per heavy atom. The Balaban J connectivity index is 1.80. The van der Waals surface area contributed by atoms with E-state index in [0.717, 1.165) is 11.8 Å². The van der Waals surface area contributed by atoms with E-state index in [2.05, 4.69) is 4.98 Å². The summed E-state index contributed by atoms with van der Waals surface area (Å²) in [5.74, 6) is 0.605. The van der Waals surface area contributed by atoms with Gasteiger partial charge in [-0.15, -0.1) is 0 Å². The van der Waals surface area contributed by atoms with Crippen molar-refractivity contribution in [3.63, 3.8) is 0 Å². The molecule has 1 N–H and O–H groups in total. The second kappa shape index (κ2) is 6.32. The second-order valence-electron chi connectivity index (χ2n) is 7.63. The van der Waals surface area contributed by atoms with Crippen molar-refractivity contribution in [1.29, 1.82) is 5.41 Å². The molecule has 0 saturated heterocycles. The zero-order chi connectivity index (χ0) is 19.2. The third-order valence-corrected chi connectivity index (χ3v) is 4.44. The first-order valence-electron chi connectivity index (χ1n) is 8.80. The largest absolute Gasteiger partial charge is 0.478 e. The van der Waals surface area contributed by atoms with E-state index in [1.807, 2.05) is 49.6 Å². The van der Waals surface area contributed by atoms with Crippen LogP contribution in [-0.4, -0.2) is 27.0 Å². The van der Waals surface area contributed by atoms with Crippen molar-refractivity contribution >= 4 is 17.5 Å². The molecule has 1 aliphatic heterocycles. The molecule has 0 bridgehead atoms. The van der Waals surface area contributed by atoms with E-state index in [1.54, 1.807) is 24.5 Å². The monoisotopic (exact) mass is 363 g/mol. The highest BCUT2D eigenvalue weighted by molar-refractivity contribution is 5.94. The summed E-state index contributed by atoms with van der Waals surface area (Å²) in [5, 5.41) is 8.76. The molecule has 2 aromatic heterocycles. The maximum Gasteiger partial charge on any atom is 0.181 e.